The highest BCUT2D eigenvalue weighted by molar-refractivity contribution is 7.22. The van der Waals surface area contributed by atoms with Crippen molar-refractivity contribution in [1.29, 1.82) is 0 Å². The lowest BCUT2D eigenvalue weighted by molar-refractivity contribution is -0.122. The molecule has 6 heteroatoms. The minimum absolute atomic E-state index is 0.0510. The van der Waals surface area contributed by atoms with Crippen LogP contribution in [0.1, 0.15) is 12.5 Å². The summed E-state index contributed by atoms with van der Waals surface area (Å²) < 4.78 is 19.9. The minimum Gasteiger partial charge on any atom is -0.478 e. The average Bonchev–Trinajstić information content (AvgIpc) is 2.90. The number of nitrogens with one attached hydrogen (secondary N) is 1. The van der Waals surface area contributed by atoms with Gasteiger partial charge < -0.3 is 4.74 Å². The first kappa shape index (κ1) is 15.4. The van der Waals surface area contributed by atoms with E-state index in [1.54, 1.807) is 19.1 Å². The number of halogens is 1. The number of hydrogen-bond donors (Lipinski definition) is 1. The molecule has 0 aliphatic carbocycles. The number of carbonyl (C=O) groups is 1. The topological polar surface area (TPSA) is 51.2 Å². The van der Waals surface area contributed by atoms with E-state index in [2.05, 4.69) is 10.3 Å². The van der Waals surface area contributed by atoms with Gasteiger partial charge in [-0.05, 0) is 43.7 Å². The molecule has 4 nitrogen and oxygen atoms in total. The van der Waals surface area contributed by atoms with E-state index in [1.807, 2.05) is 25.1 Å². The Kier molecular flexibility index (Phi) is 4.25. The molecule has 0 bridgehead atoms. The van der Waals surface area contributed by atoms with Crippen molar-refractivity contribution in [2.24, 2.45) is 0 Å². The number of carbonyl (C=O) groups excluding carboxylic acids is 1. The number of amides is 1. The molecule has 0 fully saturated rings. The summed E-state index contributed by atoms with van der Waals surface area (Å²) in [5.41, 5.74) is 1.97. The first-order valence-electron chi connectivity index (χ1n) is 7.12. The summed E-state index contributed by atoms with van der Waals surface area (Å²) in [4.78, 5) is 16.5. The second-order valence-corrected chi connectivity index (χ2v) is 6.20. The van der Waals surface area contributed by atoms with Gasteiger partial charge in [0.25, 0.3) is 5.91 Å². The standard InChI is InChI=1S/C17H15FN2O2S/c1-10-7-8-13-15(9-10)23-17(19-13)20-16(21)11(2)22-14-6-4-3-5-12(14)18/h3-9,11H,1-2H3,(H,19,20,21)/t11-/m0/s1. The number of rotatable bonds is 4. The van der Waals surface area contributed by atoms with Crippen molar-refractivity contribution in [3.05, 3.63) is 53.8 Å². The van der Waals surface area contributed by atoms with Crippen molar-refractivity contribution < 1.29 is 13.9 Å². The molecular formula is C17H15FN2O2S. The Balaban J connectivity index is 1.71. The molecule has 0 aliphatic rings. The van der Waals surface area contributed by atoms with E-state index in [0.717, 1.165) is 15.8 Å². The SMILES string of the molecule is Cc1ccc2nc(NC(=O)[C@H](C)Oc3ccccc3F)sc2c1. The van der Waals surface area contributed by atoms with Crippen molar-refractivity contribution in [2.75, 3.05) is 5.32 Å². The average molecular weight is 330 g/mol. The Labute approximate surface area is 136 Å². The summed E-state index contributed by atoms with van der Waals surface area (Å²) in [5.74, 6) is -0.818. The maximum atomic E-state index is 13.6. The molecule has 1 heterocycles. The van der Waals surface area contributed by atoms with E-state index in [4.69, 9.17) is 4.74 Å². The number of aromatic nitrogens is 1. The number of benzene rings is 2. The molecule has 3 aromatic rings. The van der Waals surface area contributed by atoms with Crippen molar-refractivity contribution in [1.82, 2.24) is 4.98 Å². The smallest absolute Gasteiger partial charge is 0.266 e. The Morgan fingerprint density at radius 1 is 1.30 bits per heavy atom. The lowest BCUT2D eigenvalue weighted by Gasteiger charge is -2.13. The number of aryl methyl sites for hydroxylation is 1. The van der Waals surface area contributed by atoms with Gasteiger partial charge in [0, 0.05) is 0 Å². The van der Waals surface area contributed by atoms with E-state index < -0.39 is 11.9 Å². The fraction of sp³-hybridized carbons (Fsp3) is 0.176. The van der Waals surface area contributed by atoms with E-state index in [1.165, 1.54) is 23.5 Å². The zero-order chi connectivity index (χ0) is 16.4. The number of thiazole rings is 1. The van der Waals surface area contributed by atoms with Gasteiger partial charge in [0.1, 0.15) is 0 Å². The molecule has 1 aromatic heterocycles. The fourth-order valence-electron chi connectivity index (χ4n) is 2.08. The second kappa shape index (κ2) is 6.34. The monoisotopic (exact) mass is 330 g/mol. The third-order valence-electron chi connectivity index (χ3n) is 3.28. The number of hydrogen-bond acceptors (Lipinski definition) is 4. The highest BCUT2D eigenvalue weighted by Crippen LogP contribution is 2.27. The first-order valence-corrected chi connectivity index (χ1v) is 7.94. The van der Waals surface area contributed by atoms with Crippen molar-refractivity contribution >= 4 is 32.6 Å². The summed E-state index contributed by atoms with van der Waals surface area (Å²) in [5, 5.41) is 3.21. The molecule has 0 radical (unpaired) electrons. The van der Waals surface area contributed by atoms with E-state index in [9.17, 15) is 9.18 Å². The van der Waals surface area contributed by atoms with Gasteiger partial charge in [-0.3, -0.25) is 10.1 Å². The molecule has 23 heavy (non-hydrogen) atoms. The van der Waals surface area contributed by atoms with Crippen LogP contribution in [-0.4, -0.2) is 17.0 Å². The molecule has 118 valence electrons. The highest BCUT2D eigenvalue weighted by Gasteiger charge is 2.18. The van der Waals surface area contributed by atoms with Crippen LogP contribution in [0, 0.1) is 12.7 Å². The van der Waals surface area contributed by atoms with Gasteiger partial charge in [0.15, 0.2) is 22.8 Å². The van der Waals surface area contributed by atoms with E-state index in [-0.39, 0.29) is 11.7 Å². The lowest BCUT2D eigenvalue weighted by atomic mass is 10.2. The maximum absolute atomic E-state index is 13.6. The van der Waals surface area contributed by atoms with Crippen LogP contribution in [-0.2, 0) is 4.79 Å². The predicted molar refractivity (Wildman–Crippen MR) is 89.5 cm³/mol. The Hall–Kier alpha value is -2.47. The van der Waals surface area contributed by atoms with Crippen LogP contribution in [0.4, 0.5) is 9.52 Å². The normalized spacial score (nSPS) is 12.1. The molecule has 0 unspecified atom stereocenters. The molecule has 0 spiro atoms. The summed E-state index contributed by atoms with van der Waals surface area (Å²) >= 11 is 1.39. The second-order valence-electron chi connectivity index (χ2n) is 5.17. The summed E-state index contributed by atoms with van der Waals surface area (Å²) in [6.07, 6.45) is -0.833. The minimum atomic E-state index is -0.833. The van der Waals surface area contributed by atoms with Crippen molar-refractivity contribution in [2.45, 2.75) is 20.0 Å². The molecule has 2 aromatic carbocycles. The third kappa shape index (κ3) is 3.48. The van der Waals surface area contributed by atoms with Crippen LogP contribution in [0.3, 0.4) is 0 Å². The zero-order valence-electron chi connectivity index (χ0n) is 12.7. The van der Waals surface area contributed by atoms with Gasteiger partial charge in [-0.2, -0.15) is 0 Å². The van der Waals surface area contributed by atoms with Crippen molar-refractivity contribution in [3.63, 3.8) is 0 Å². The predicted octanol–water partition coefficient (Wildman–Crippen LogP) is 4.15. The van der Waals surface area contributed by atoms with Gasteiger partial charge in [0.05, 0.1) is 10.2 Å². The quantitative estimate of drug-likeness (QED) is 0.782. The number of fused-ring (bicyclic) bond motifs is 1. The van der Waals surface area contributed by atoms with Crippen LogP contribution in [0.5, 0.6) is 5.75 Å². The Bertz CT molecular complexity index is 863. The number of ether oxygens (including phenoxy) is 1. The van der Waals surface area contributed by atoms with Crippen LogP contribution in [0.25, 0.3) is 10.2 Å². The van der Waals surface area contributed by atoms with Crippen LogP contribution in [0.15, 0.2) is 42.5 Å². The largest absolute Gasteiger partial charge is 0.478 e. The highest BCUT2D eigenvalue weighted by atomic mass is 32.1. The number of anilines is 1. The van der Waals surface area contributed by atoms with Gasteiger partial charge in [-0.25, -0.2) is 9.37 Å². The van der Waals surface area contributed by atoms with Crippen LogP contribution >= 0.6 is 11.3 Å². The molecular weight excluding hydrogens is 315 g/mol. The molecule has 0 saturated heterocycles. The Morgan fingerprint density at radius 2 is 2.09 bits per heavy atom. The fourth-order valence-corrected chi connectivity index (χ4v) is 3.04. The van der Waals surface area contributed by atoms with Crippen LogP contribution < -0.4 is 10.1 Å². The number of nitrogens with zero attached hydrogens (tertiary/aromatic N) is 1. The van der Waals surface area contributed by atoms with Crippen LogP contribution in [0.2, 0.25) is 0 Å². The third-order valence-corrected chi connectivity index (χ3v) is 4.22. The molecule has 1 atom stereocenters. The van der Waals surface area contributed by atoms with E-state index in [0.29, 0.717) is 5.13 Å². The van der Waals surface area contributed by atoms with Crippen molar-refractivity contribution in [3.8, 4) is 5.75 Å². The molecule has 1 N–H and O–H groups in total. The molecule has 3 rings (SSSR count). The van der Waals surface area contributed by atoms with E-state index >= 15 is 0 Å². The van der Waals surface area contributed by atoms with Gasteiger partial charge in [-0.15, -0.1) is 0 Å². The maximum Gasteiger partial charge on any atom is 0.266 e. The summed E-state index contributed by atoms with van der Waals surface area (Å²) in [6.45, 7) is 3.57. The summed E-state index contributed by atoms with van der Waals surface area (Å²) in [7, 11) is 0. The first-order chi connectivity index (χ1) is 11.0. The number of para-hydroxylation sites is 1. The van der Waals surface area contributed by atoms with Gasteiger partial charge in [0.2, 0.25) is 0 Å². The zero-order valence-corrected chi connectivity index (χ0v) is 13.5. The van der Waals surface area contributed by atoms with Gasteiger partial charge in [-0.1, -0.05) is 29.5 Å². The summed E-state index contributed by atoms with van der Waals surface area (Å²) in [6, 6.07) is 11.9. The Morgan fingerprint density at radius 3 is 2.87 bits per heavy atom. The molecule has 0 aliphatic heterocycles. The molecule has 0 saturated carbocycles. The van der Waals surface area contributed by atoms with Gasteiger partial charge >= 0.3 is 0 Å². The lowest BCUT2D eigenvalue weighted by Crippen LogP contribution is -2.30. The molecule has 1 amide bonds.